The van der Waals surface area contributed by atoms with Crippen molar-refractivity contribution in [3.63, 3.8) is 0 Å². The fourth-order valence-corrected chi connectivity index (χ4v) is 3.14. The number of carbonyl (C=O) groups is 1. The second-order valence-electron chi connectivity index (χ2n) is 6.36. The highest BCUT2D eigenvalue weighted by atomic mass is 16.1. The SMILES string of the molecule is Cc1cccc(C(=O)Nc2nc3c(-c4ccccc4)cccc3n2C)c1. The molecule has 3 aromatic carbocycles. The number of imidazole rings is 1. The zero-order valence-corrected chi connectivity index (χ0v) is 14.7. The highest BCUT2D eigenvalue weighted by Gasteiger charge is 2.15. The number of fused-ring (bicyclic) bond motifs is 1. The molecule has 26 heavy (non-hydrogen) atoms. The molecule has 0 fully saturated rings. The molecule has 0 aliphatic heterocycles. The van der Waals surface area contributed by atoms with E-state index in [2.05, 4.69) is 23.5 Å². The van der Waals surface area contributed by atoms with Gasteiger partial charge in [-0.25, -0.2) is 4.98 Å². The van der Waals surface area contributed by atoms with Crippen LogP contribution in [0.15, 0.2) is 72.8 Å². The first-order chi connectivity index (χ1) is 12.6. The summed E-state index contributed by atoms with van der Waals surface area (Å²) in [5.41, 5.74) is 5.68. The monoisotopic (exact) mass is 341 g/mol. The smallest absolute Gasteiger partial charge is 0.257 e. The van der Waals surface area contributed by atoms with Crippen LogP contribution in [0.25, 0.3) is 22.2 Å². The van der Waals surface area contributed by atoms with E-state index in [4.69, 9.17) is 4.98 Å². The van der Waals surface area contributed by atoms with Crippen molar-refractivity contribution in [3.05, 3.63) is 83.9 Å². The number of aromatic nitrogens is 2. The van der Waals surface area contributed by atoms with Crippen molar-refractivity contribution in [1.29, 1.82) is 0 Å². The Hall–Kier alpha value is -3.40. The number of hydrogen-bond donors (Lipinski definition) is 1. The van der Waals surface area contributed by atoms with E-state index in [1.807, 2.05) is 67.1 Å². The molecule has 0 saturated heterocycles. The van der Waals surface area contributed by atoms with Crippen LogP contribution >= 0.6 is 0 Å². The van der Waals surface area contributed by atoms with E-state index >= 15 is 0 Å². The zero-order valence-electron chi connectivity index (χ0n) is 14.7. The number of nitrogens with one attached hydrogen (secondary N) is 1. The van der Waals surface area contributed by atoms with Gasteiger partial charge in [0.2, 0.25) is 5.95 Å². The molecule has 128 valence electrons. The van der Waals surface area contributed by atoms with Crippen LogP contribution in [0.4, 0.5) is 5.95 Å². The van der Waals surface area contributed by atoms with Gasteiger partial charge in [0, 0.05) is 18.2 Å². The molecule has 1 amide bonds. The quantitative estimate of drug-likeness (QED) is 0.582. The van der Waals surface area contributed by atoms with Crippen molar-refractivity contribution in [3.8, 4) is 11.1 Å². The Morgan fingerprint density at radius 3 is 2.50 bits per heavy atom. The van der Waals surface area contributed by atoms with Crippen molar-refractivity contribution in [1.82, 2.24) is 9.55 Å². The Balaban J connectivity index is 1.75. The fraction of sp³-hybridized carbons (Fsp3) is 0.0909. The maximum atomic E-state index is 12.6. The number of amides is 1. The van der Waals surface area contributed by atoms with E-state index in [1.165, 1.54) is 0 Å². The van der Waals surface area contributed by atoms with Crippen molar-refractivity contribution < 1.29 is 4.79 Å². The van der Waals surface area contributed by atoms with E-state index in [0.29, 0.717) is 11.5 Å². The normalized spacial score (nSPS) is 10.8. The molecule has 1 N–H and O–H groups in total. The van der Waals surface area contributed by atoms with Crippen molar-refractivity contribution in [2.75, 3.05) is 5.32 Å². The predicted octanol–water partition coefficient (Wildman–Crippen LogP) is 4.80. The Bertz CT molecular complexity index is 1100. The molecule has 0 aliphatic rings. The first-order valence-corrected chi connectivity index (χ1v) is 8.52. The van der Waals surface area contributed by atoms with Crippen LogP contribution in [0, 0.1) is 6.92 Å². The van der Waals surface area contributed by atoms with Crippen molar-refractivity contribution >= 4 is 22.9 Å². The van der Waals surface area contributed by atoms with Gasteiger partial charge in [-0.05, 0) is 30.7 Å². The molecule has 4 rings (SSSR count). The van der Waals surface area contributed by atoms with Crippen LogP contribution in [0.3, 0.4) is 0 Å². The zero-order chi connectivity index (χ0) is 18.1. The van der Waals surface area contributed by atoms with Gasteiger partial charge < -0.3 is 4.57 Å². The molecule has 4 aromatic rings. The van der Waals surface area contributed by atoms with Crippen LogP contribution < -0.4 is 5.32 Å². The van der Waals surface area contributed by atoms with Gasteiger partial charge >= 0.3 is 0 Å². The van der Waals surface area contributed by atoms with Gasteiger partial charge in [-0.2, -0.15) is 0 Å². The van der Waals surface area contributed by atoms with Crippen LogP contribution in [0.5, 0.6) is 0 Å². The number of para-hydroxylation sites is 1. The minimum atomic E-state index is -0.159. The number of benzene rings is 3. The summed E-state index contributed by atoms with van der Waals surface area (Å²) in [6, 6.07) is 23.7. The lowest BCUT2D eigenvalue weighted by Gasteiger charge is -2.05. The molecule has 0 atom stereocenters. The van der Waals surface area contributed by atoms with Gasteiger partial charge in [-0.3, -0.25) is 10.1 Å². The third kappa shape index (κ3) is 2.86. The topological polar surface area (TPSA) is 46.9 Å². The molecular formula is C22H19N3O. The maximum absolute atomic E-state index is 12.6. The molecule has 0 radical (unpaired) electrons. The van der Waals surface area contributed by atoms with Crippen molar-refractivity contribution in [2.24, 2.45) is 7.05 Å². The number of anilines is 1. The highest BCUT2D eigenvalue weighted by Crippen LogP contribution is 2.29. The predicted molar refractivity (Wildman–Crippen MR) is 105 cm³/mol. The Kier molecular flexibility index (Phi) is 4.01. The minimum absolute atomic E-state index is 0.159. The summed E-state index contributed by atoms with van der Waals surface area (Å²) >= 11 is 0. The molecule has 0 aliphatic carbocycles. The molecule has 0 unspecified atom stereocenters. The van der Waals surface area contributed by atoms with Crippen LogP contribution in [0.2, 0.25) is 0 Å². The van der Waals surface area contributed by atoms with E-state index < -0.39 is 0 Å². The lowest BCUT2D eigenvalue weighted by atomic mass is 10.0. The Morgan fingerprint density at radius 1 is 0.962 bits per heavy atom. The van der Waals surface area contributed by atoms with Gasteiger partial charge in [-0.15, -0.1) is 0 Å². The summed E-state index contributed by atoms with van der Waals surface area (Å²) in [4.78, 5) is 17.3. The van der Waals surface area contributed by atoms with E-state index in [1.54, 1.807) is 6.07 Å². The first-order valence-electron chi connectivity index (χ1n) is 8.52. The second kappa shape index (κ2) is 6.48. The number of rotatable bonds is 3. The molecule has 1 heterocycles. The molecule has 0 saturated carbocycles. The van der Waals surface area contributed by atoms with E-state index in [9.17, 15) is 4.79 Å². The largest absolute Gasteiger partial charge is 0.313 e. The number of carbonyl (C=O) groups excluding carboxylic acids is 1. The summed E-state index contributed by atoms with van der Waals surface area (Å²) in [6.45, 7) is 1.97. The Morgan fingerprint density at radius 2 is 1.73 bits per heavy atom. The summed E-state index contributed by atoms with van der Waals surface area (Å²) in [7, 11) is 1.91. The lowest BCUT2D eigenvalue weighted by Crippen LogP contribution is -2.15. The molecular weight excluding hydrogens is 322 g/mol. The van der Waals surface area contributed by atoms with Gasteiger partial charge in [0.25, 0.3) is 5.91 Å². The fourth-order valence-electron chi connectivity index (χ4n) is 3.14. The maximum Gasteiger partial charge on any atom is 0.257 e. The van der Waals surface area contributed by atoms with E-state index in [-0.39, 0.29) is 5.91 Å². The second-order valence-corrected chi connectivity index (χ2v) is 6.36. The summed E-state index contributed by atoms with van der Waals surface area (Å²) in [5.74, 6) is 0.378. The van der Waals surface area contributed by atoms with Gasteiger partial charge in [0.1, 0.15) is 0 Å². The van der Waals surface area contributed by atoms with Crippen LogP contribution in [-0.4, -0.2) is 15.5 Å². The highest BCUT2D eigenvalue weighted by molar-refractivity contribution is 6.05. The molecule has 4 nitrogen and oxygen atoms in total. The third-order valence-electron chi connectivity index (χ3n) is 4.50. The van der Waals surface area contributed by atoms with Gasteiger partial charge in [-0.1, -0.05) is 60.2 Å². The number of aryl methyl sites for hydroxylation is 2. The number of hydrogen-bond acceptors (Lipinski definition) is 2. The van der Waals surface area contributed by atoms with Crippen LogP contribution in [-0.2, 0) is 7.05 Å². The molecule has 0 bridgehead atoms. The standard InChI is InChI=1S/C22H19N3O/c1-15-8-6-11-17(14-15)21(26)24-22-23-20-18(16-9-4-3-5-10-16)12-7-13-19(20)25(22)2/h3-14H,1-2H3,(H,23,24,26). The summed E-state index contributed by atoms with van der Waals surface area (Å²) < 4.78 is 1.91. The molecule has 0 spiro atoms. The lowest BCUT2D eigenvalue weighted by molar-refractivity contribution is 0.102. The first kappa shape index (κ1) is 16.1. The number of nitrogens with zero attached hydrogens (tertiary/aromatic N) is 2. The average Bonchev–Trinajstić information content (AvgIpc) is 2.98. The molecule has 1 aromatic heterocycles. The van der Waals surface area contributed by atoms with Gasteiger partial charge in [0.05, 0.1) is 11.0 Å². The average molecular weight is 341 g/mol. The van der Waals surface area contributed by atoms with E-state index in [0.717, 1.165) is 27.7 Å². The summed E-state index contributed by atoms with van der Waals surface area (Å²) in [5, 5.41) is 2.93. The van der Waals surface area contributed by atoms with Gasteiger partial charge in [0.15, 0.2) is 0 Å². The van der Waals surface area contributed by atoms with Crippen LogP contribution in [0.1, 0.15) is 15.9 Å². The van der Waals surface area contributed by atoms with Crippen molar-refractivity contribution in [2.45, 2.75) is 6.92 Å². The summed E-state index contributed by atoms with van der Waals surface area (Å²) in [6.07, 6.45) is 0. The third-order valence-corrected chi connectivity index (χ3v) is 4.50. The molecule has 4 heteroatoms. The Labute approximate surface area is 152 Å². The minimum Gasteiger partial charge on any atom is -0.313 e.